The largest absolute Gasteiger partial charge is 0.481 e. The van der Waals surface area contributed by atoms with Crippen molar-refractivity contribution in [1.29, 1.82) is 0 Å². The van der Waals surface area contributed by atoms with Crippen LogP contribution in [0.25, 0.3) is 0 Å². The van der Waals surface area contributed by atoms with Gasteiger partial charge in [0.05, 0.1) is 17.7 Å². The summed E-state index contributed by atoms with van der Waals surface area (Å²) in [7, 11) is -2.05. The van der Waals surface area contributed by atoms with E-state index >= 15 is 0 Å². The summed E-state index contributed by atoms with van der Waals surface area (Å²) in [4.78, 5) is 13.3. The molecule has 10 nitrogen and oxygen atoms in total. The van der Waals surface area contributed by atoms with E-state index in [0.29, 0.717) is 60.8 Å². The zero-order valence-electron chi connectivity index (χ0n) is 23.5. The number of piperidine rings is 1. The van der Waals surface area contributed by atoms with Crippen LogP contribution in [-0.4, -0.2) is 54.4 Å². The van der Waals surface area contributed by atoms with Crippen LogP contribution >= 0.6 is 0 Å². The predicted octanol–water partition coefficient (Wildman–Crippen LogP) is 5.01. The molecule has 2 aromatic carbocycles. The number of methoxy groups -OCH3 is 1. The average molecular weight is 592 g/mol. The fourth-order valence-corrected chi connectivity index (χ4v) is 6.39. The highest BCUT2D eigenvalue weighted by molar-refractivity contribution is 7.89. The molecule has 12 heteroatoms. The Kier molecular flexibility index (Phi) is 9.25. The number of anilines is 4. The SMILES string of the molecule is COc1cccc(CNCC2CCCN(S(=O)(=O)c3ccc(Nc4nccc(Nc5ccc(F)c(C)c5)n4)cc3)C2)n1. The van der Waals surface area contributed by atoms with Gasteiger partial charge in [-0.05, 0) is 92.4 Å². The van der Waals surface area contributed by atoms with Gasteiger partial charge in [0, 0.05) is 43.3 Å². The van der Waals surface area contributed by atoms with E-state index in [0.717, 1.165) is 18.5 Å². The minimum atomic E-state index is -3.64. The maximum atomic E-state index is 13.6. The fraction of sp³-hybridized carbons (Fsp3) is 0.300. The molecule has 42 heavy (non-hydrogen) atoms. The van der Waals surface area contributed by atoms with Crippen LogP contribution in [0.15, 0.2) is 77.8 Å². The highest BCUT2D eigenvalue weighted by Crippen LogP contribution is 2.26. The zero-order chi connectivity index (χ0) is 29.5. The molecule has 0 radical (unpaired) electrons. The van der Waals surface area contributed by atoms with Crippen molar-refractivity contribution < 1.29 is 17.5 Å². The van der Waals surface area contributed by atoms with Crippen LogP contribution in [0, 0.1) is 18.7 Å². The summed E-state index contributed by atoms with van der Waals surface area (Å²) >= 11 is 0. The van der Waals surface area contributed by atoms with Gasteiger partial charge in [-0.1, -0.05) is 6.07 Å². The van der Waals surface area contributed by atoms with Gasteiger partial charge < -0.3 is 20.7 Å². The van der Waals surface area contributed by atoms with Gasteiger partial charge in [0.25, 0.3) is 0 Å². The maximum Gasteiger partial charge on any atom is 0.243 e. The first-order valence-corrected chi connectivity index (χ1v) is 15.2. The van der Waals surface area contributed by atoms with E-state index in [1.807, 2.05) is 12.1 Å². The van der Waals surface area contributed by atoms with Gasteiger partial charge in [-0.25, -0.2) is 22.8 Å². The van der Waals surface area contributed by atoms with Crippen LogP contribution in [0.3, 0.4) is 0 Å². The Hall–Kier alpha value is -4.13. The van der Waals surface area contributed by atoms with Gasteiger partial charge in [-0.2, -0.15) is 9.29 Å². The predicted molar refractivity (Wildman–Crippen MR) is 160 cm³/mol. The van der Waals surface area contributed by atoms with Crippen molar-refractivity contribution >= 4 is 33.2 Å². The first-order chi connectivity index (χ1) is 20.3. The minimum Gasteiger partial charge on any atom is -0.481 e. The highest BCUT2D eigenvalue weighted by atomic mass is 32.2. The molecule has 0 saturated carbocycles. The number of halogens is 1. The topological polar surface area (TPSA) is 121 Å². The van der Waals surface area contributed by atoms with E-state index in [-0.39, 0.29) is 16.6 Å². The normalized spacial score (nSPS) is 15.7. The fourth-order valence-electron chi connectivity index (χ4n) is 4.83. The third-order valence-corrected chi connectivity index (χ3v) is 8.92. The lowest BCUT2D eigenvalue weighted by molar-refractivity contribution is 0.259. The first-order valence-electron chi connectivity index (χ1n) is 13.7. The molecule has 1 aliphatic heterocycles. The van der Waals surface area contributed by atoms with Crippen molar-refractivity contribution in [3.63, 3.8) is 0 Å². The third-order valence-electron chi connectivity index (χ3n) is 7.05. The van der Waals surface area contributed by atoms with E-state index in [2.05, 4.69) is 30.9 Å². The van der Waals surface area contributed by atoms with E-state index < -0.39 is 10.0 Å². The van der Waals surface area contributed by atoms with Crippen LogP contribution < -0.4 is 20.7 Å². The lowest BCUT2D eigenvalue weighted by Gasteiger charge is -2.32. The number of ether oxygens (including phenoxy) is 1. The molecule has 5 rings (SSSR count). The lowest BCUT2D eigenvalue weighted by Crippen LogP contribution is -2.42. The molecular formula is C30H34FN7O3S. The number of nitrogens with one attached hydrogen (secondary N) is 3. The van der Waals surface area contributed by atoms with Gasteiger partial charge in [0.2, 0.25) is 21.9 Å². The number of aromatic nitrogens is 3. The Labute approximate surface area is 245 Å². The molecule has 0 aliphatic carbocycles. The van der Waals surface area contributed by atoms with Crippen LogP contribution in [0.1, 0.15) is 24.1 Å². The molecule has 1 aliphatic rings. The smallest absolute Gasteiger partial charge is 0.243 e. The van der Waals surface area contributed by atoms with Crippen molar-refractivity contribution in [3.05, 3.63) is 90.0 Å². The number of aryl methyl sites for hydroxylation is 1. The Bertz CT molecular complexity index is 1620. The van der Waals surface area contributed by atoms with E-state index in [1.165, 1.54) is 6.07 Å². The van der Waals surface area contributed by atoms with Crippen LogP contribution in [0.4, 0.5) is 27.5 Å². The number of benzene rings is 2. The number of sulfonamides is 1. The molecular weight excluding hydrogens is 557 g/mol. The van der Waals surface area contributed by atoms with Gasteiger partial charge in [-0.3, -0.25) is 0 Å². The third kappa shape index (κ3) is 7.38. The van der Waals surface area contributed by atoms with Crippen molar-refractivity contribution in [2.75, 3.05) is 37.4 Å². The molecule has 2 aromatic heterocycles. The summed E-state index contributed by atoms with van der Waals surface area (Å²) < 4.78 is 47.2. The minimum absolute atomic E-state index is 0.205. The molecule has 0 spiro atoms. The van der Waals surface area contributed by atoms with Crippen LogP contribution in [0.2, 0.25) is 0 Å². The summed E-state index contributed by atoms with van der Waals surface area (Å²) in [6.07, 6.45) is 3.37. The second-order valence-corrected chi connectivity index (χ2v) is 12.1. The summed E-state index contributed by atoms with van der Waals surface area (Å²) in [5, 5.41) is 9.65. The molecule has 1 unspecified atom stereocenters. The van der Waals surface area contributed by atoms with Crippen molar-refractivity contribution in [1.82, 2.24) is 24.6 Å². The second kappa shape index (κ2) is 13.2. The molecule has 1 saturated heterocycles. The standard InChI is InChI=1S/C30H34FN7O3S/c1-21-17-24(10-13-27(21)31)34-28-14-15-33-30(37-28)36-23-8-11-26(12-9-23)42(39,40)38-16-4-5-22(20-38)18-32-19-25-6-3-7-29(35-25)41-2/h3,6-15,17,22,32H,4-5,16,18-20H2,1-2H3,(H2,33,34,36,37). The van der Waals surface area contributed by atoms with Gasteiger partial charge in [-0.15, -0.1) is 0 Å². The molecule has 3 N–H and O–H groups in total. The van der Waals surface area contributed by atoms with E-state index in [9.17, 15) is 12.8 Å². The first kappa shape index (κ1) is 29.4. The van der Waals surface area contributed by atoms with E-state index in [4.69, 9.17) is 4.74 Å². The van der Waals surface area contributed by atoms with Crippen molar-refractivity contribution in [2.24, 2.45) is 5.92 Å². The maximum absolute atomic E-state index is 13.6. The number of nitrogens with zero attached hydrogens (tertiary/aromatic N) is 4. The summed E-state index contributed by atoms with van der Waals surface area (Å²) in [5.74, 6) is 1.38. The Morgan fingerprint density at radius 2 is 1.83 bits per heavy atom. The van der Waals surface area contributed by atoms with Crippen LogP contribution in [0.5, 0.6) is 5.88 Å². The van der Waals surface area contributed by atoms with Gasteiger partial charge in [0.1, 0.15) is 11.6 Å². The number of hydrogen-bond donors (Lipinski definition) is 3. The quantitative estimate of drug-likeness (QED) is 0.221. The summed E-state index contributed by atoms with van der Waals surface area (Å²) in [6, 6.07) is 18.7. The van der Waals surface area contributed by atoms with Gasteiger partial charge >= 0.3 is 0 Å². The monoisotopic (exact) mass is 591 g/mol. The molecule has 3 heterocycles. The molecule has 0 amide bonds. The molecule has 4 aromatic rings. The highest BCUT2D eigenvalue weighted by Gasteiger charge is 2.30. The Morgan fingerprint density at radius 1 is 1.02 bits per heavy atom. The molecule has 0 bridgehead atoms. The summed E-state index contributed by atoms with van der Waals surface area (Å²) in [5.41, 5.74) is 2.76. The zero-order valence-corrected chi connectivity index (χ0v) is 24.4. The van der Waals surface area contributed by atoms with Crippen LogP contribution in [-0.2, 0) is 16.6 Å². The molecule has 1 atom stereocenters. The second-order valence-electron chi connectivity index (χ2n) is 10.2. The average Bonchev–Trinajstić information content (AvgIpc) is 3.00. The van der Waals surface area contributed by atoms with Crippen molar-refractivity contribution in [3.8, 4) is 5.88 Å². The number of hydrogen-bond acceptors (Lipinski definition) is 9. The Morgan fingerprint density at radius 3 is 2.62 bits per heavy atom. The summed E-state index contributed by atoms with van der Waals surface area (Å²) in [6.45, 7) is 3.94. The Balaban J connectivity index is 1.17. The molecule has 220 valence electrons. The van der Waals surface area contributed by atoms with Crippen molar-refractivity contribution in [2.45, 2.75) is 31.2 Å². The lowest BCUT2D eigenvalue weighted by atomic mass is 10.00. The number of pyridine rings is 1. The number of rotatable bonds is 11. The van der Waals surface area contributed by atoms with E-state index in [1.54, 1.807) is 73.1 Å². The van der Waals surface area contributed by atoms with Gasteiger partial charge in [0.15, 0.2) is 0 Å². The molecule has 1 fully saturated rings.